The second kappa shape index (κ2) is 6.17. The molecule has 0 aromatic heterocycles. The molecule has 6 nitrogen and oxygen atoms in total. The fourth-order valence-electron chi connectivity index (χ4n) is 1.76. The van der Waals surface area contributed by atoms with Gasteiger partial charge in [-0.2, -0.15) is 4.39 Å². The van der Waals surface area contributed by atoms with Gasteiger partial charge in [0.25, 0.3) is 5.91 Å². The summed E-state index contributed by atoms with van der Waals surface area (Å²) in [5, 5.41) is 12.9. The zero-order valence-corrected chi connectivity index (χ0v) is 11.3. The Balaban J connectivity index is 2.32. The van der Waals surface area contributed by atoms with Gasteiger partial charge in [0, 0.05) is 11.8 Å². The Bertz CT molecular complexity index is 732. The van der Waals surface area contributed by atoms with Gasteiger partial charge < -0.3 is 10.1 Å². The average molecular weight is 308 g/mol. The fraction of sp³-hybridized carbons (Fsp3) is 0.0714. The number of nitro benzene ring substituents is 1. The monoisotopic (exact) mass is 308 g/mol. The van der Waals surface area contributed by atoms with Gasteiger partial charge in [-0.25, -0.2) is 4.39 Å². The molecule has 2 aromatic rings. The molecule has 1 N–H and O–H groups in total. The van der Waals surface area contributed by atoms with E-state index in [2.05, 4.69) is 5.32 Å². The summed E-state index contributed by atoms with van der Waals surface area (Å²) >= 11 is 0. The van der Waals surface area contributed by atoms with Crippen LogP contribution in [0.4, 0.5) is 20.2 Å². The van der Waals surface area contributed by atoms with Crippen LogP contribution in [0.1, 0.15) is 10.4 Å². The van der Waals surface area contributed by atoms with Crippen molar-refractivity contribution in [3.8, 4) is 5.75 Å². The van der Waals surface area contributed by atoms with E-state index in [1.165, 1.54) is 31.4 Å². The summed E-state index contributed by atoms with van der Waals surface area (Å²) in [5.74, 6) is -3.29. The number of halogens is 2. The van der Waals surface area contributed by atoms with Gasteiger partial charge >= 0.3 is 5.69 Å². The SMILES string of the molecule is COc1ccc(NC(=O)c2c(F)ccc([N+](=O)[O-])c2F)cc1. The van der Waals surface area contributed by atoms with E-state index in [1.54, 1.807) is 0 Å². The van der Waals surface area contributed by atoms with Crippen molar-refractivity contribution in [3.63, 3.8) is 0 Å². The standard InChI is InChI=1S/C14H10F2N2O4/c1-22-9-4-2-8(3-5-9)17-14(19)12-10(15)6-7-11(13(12)16)18(20)21/h2-7H,1H3,(H,17,19). The number of hydrogen-bond donors (Lipinski definition) is 1. The van der Waals surface area contributed by atoms with Gasteiger partial charge in [-0.05, 0) is 30.3 Å². The van der Waals surface area contributed by atoms with Crippen molar-refractivity contribution < 1.29 is 23.2 Å². The highest BCUT2D eigenvalue weighted by molar-refractivity contribution is 6.05. The molecule has 1 amide bonds. The molecule has 0 aliphatic carbocycles. The van der Waals surface area contributed by atoms with Gasteiger partial charge in [0.15, 0.2) is 0 Å². The maximum Gasteiger partial charge on any atom is 0.305 e. The molecule has 22 heavy (non-hydrogen) atoms. The second-order valence-corrected chi connectivity index (χ2v) is 4.20. The Hall–Kier alpha value is -3.03. The molecule has 0 atom stereocenters. The molecule has 0 saturated carbocycles. The molecule has 2 aromatic carbocycles. The number of rotatable bonds is 4. The van der Waals surface area contributed by atoms with Crippen molar-refractivity contribution in [2.24, 2.45) is 0 Å². The van der Waals surface area contributed by atoms with E-state index in [0.29, 0.717) is 17.9 Å². The van der Waals surface area contributed by atoms with Crippen molar-refractivity contribution >= 4 is 17.3 Å². The highest BCUT2D eigenvalue weighted by atomic mass is 19.1. The topological polar surface area (TPSA) is 81.5 Å². The van der Waals surface area contributed by atoms with Crippen LogP contribution in [0, 0.1) is 21.7 Å². The highest BCUT2D eigenvalue weighted by Crippen LogP contribution is 2.24. The number of amides is 1. The molecule has 0 saturated heterocycles. The number of hydrogen-bond acceptors (Lipinski definition) is 4. The minimum Gasteiger partial charge on any atom is -0.497 e. The molecule has 0 aliphatic heterocycles. The molecule has 0 heterocycles. The Kier molecular flexibility index (Phi) is 4.31. The lowest BCUT2D eigenvalue weighted by Crippen LogP contribution is -2.16. The minimum absolute atomic E-state index is 0.260. The summed E-state index contributed by atoms with van der Waals surface area (Å²) in [5.41, 5.74) is -1.72. The van der Waals surface area contributed by atoms with Crippen LogP contribution in [-0.4, -0.2) is 17.9 Å². The van der Waals surface area contributed by atoms with E-state index in [4.69, 9.17) is 4.74 Å². The predicted octanol–water partition coefficient (Wildman–Crippen LogP) is 3.13. The first-order valence-electron chi connectivity index (χ1n) is 6.02. The van der Waals surface area contributed by atoms with E-state index < -0.39 is 33.7 Å². The molecule has 0 aliphatic rings. The number of anilines is 1. The smallest absolute Gasteiger partial charge is 0.305 e. The number of carbonyl (C=O) groups is 1. The number of nitro groups is 1. The normalized spacial score (nSPS) is 10.1. The predicted molar refractivity (Wildman–Crippen MR) is 74.0 cm³/mol. The maximum atomic E-state index is 13.9. The van der Waals surface area contributed by atoms with Crippen molar-refractivity contribution in [2.45, 2.75) is 0 Å². The summed E-state index contributed by atoms with van der Waals surface area (Å²) in [6, 6.07) is 7.33. The van der Waals surface area contributed by atoms with Crippen LogP contribution in [0.25, 0.3) is 0 Å². The van der Waals surface area contributed by atoms with Crippen molar-refractivity contribution in [1.29, 1.82) is 0 Å². The molecular weight excluding hydrogens is 298 g/mol. The van der Waals surface area contributed by atoms with E-state index >= 15 is 0 Å². The minimum atomic E-state index is -1.52. The van der Waals surface area contributed by atoms with Crippen LogP contribution >= 0.6 is 0 Å². The number of nitrogens with zero attached hydrogens (tertiary/aromatic N) is 1. The van der Waals surface area contributed by atoms with Gasteiger partial charge in [-0.3, -0.25) is 14.9 Å². The number of nitrogens with one attached hydrogen (secondary N) is 1. The molecule has 0 fully saturated rings. The average Bonchev–Trinajstić information content (AvgIpc) is 2.47. The second-order valence-electron chi connectivity index (χ2n) is 4.20. The summed E-state index contributed by atoms with van der Waals surface area (Å²) in [6.45, 7) is 0. The highest BCUT2D eigenvalue weighted by Gasteiger charge is 2.26. The fourth-order valence-corrected chi connectivity index (χ4v) is 1.76. The molecule has 0 unspecified atom stereocenters. The third-order valence-electron chi connectivity index (χ3n) is 2.84. The quantitative estimate of drug-likeness (QED) is 0.695. The summed E-state index contributed by atoms with van der Waals surface area (Å²) in [6.07, 6.45) is 0. The summed E-state index contributed by atoms with van der Waals surface area (Å²) in [4.78, 5) is 21.5. The van der Waals surface area contributed by atoms with Gasteiger partial charge in [-0.15, -0.1) is 0 Å². The van der Waals surface area contributed by atoms with Crippen molar-refractivity contribution in [1.82, 2.24) is 0 Å². The van der Waals surface area contributed by atoms with Crippen LogP contribution in [0.3, 0.4) is 0 Å². The van der Waals surface area contributed by atoms with Crippen molar-refractivity contribution in [2.75, 3.05) is 12.4 Å². The zero-order valence-electron chi connectivity index (χ0n) is 11.3. The molecular formula is C14H10F2N2O4. The van der Waals surface area contributed by atoms with Crippen LogP contribution in [0.2, 0.25) is 0 Å². The van der Waals surface area contributed by atoms with Gasteiger partial charge in [-0.1, -0.05) is 0 Å². The van der Waals surface area contributed by atoms with Crippen LogP contribution in [0.15, 0.2) is 36.4 Å². The Labute approximate surface area is 123 Å². The van der Waals surface area contributed by atoms with E-state index in [9.17, 15) is 23.7 Å². The molecule has 0 spiro atoms. The third-order valence-corrected chi connectivity index (χ3v) is 2.84. The van der Waals surface area contributed by atoms with Gasteiger partial charge in [0.1, 0.15) is 17.1 Å². The van der Waals surface area contributed by atoms with Gasteiger partial charge in [0.2, 0.25) is 5.82 Å². The Morgan fingerprint density at radius 3 is 2.36 bits per heavy atom. The molecule has 0 bridgehead atoms. The number of ether oxygens (including phenoxy) is 1. The number of carbonyl (C=O) groups excluding carboxylic acids is 1. The maximum absolute atomic E-state index is 13.9. The lowest BCUT2D eigenvalue weighted by molar-refractivity contribution is -0.387. The lowest BCUT2D eigenvalue weighted by atomic mass is 10.1. The molecule has 0 radical (unpaired) electrons. The Morgan fingerprint density at radius 2 is 1.82 bits per heavy atom. The first-order valence-corrected chi connectivity index (χ1v) is 6.02. The Morgan fingerprint density at radius 1 is 1.18 bits per heavy atom. The first kappa shape index (κ1) is 15.4. The van der Waals surface area contributed by atoms with E-state index in [-0.39, 0.29) is 5.69 Å². The number of methoxy groups -OCH3 is 1. The van der Waals surface area contributed by atoms with Gasteiger partial charge in [0.05, 0.1) is 12.0 Å². The van der Waals surface area contributed by atoms with E-state index in [0.717, 1.165) is 0 Å². The van der Waals surface area contributed by atoms with Crippen LogP contribution in [-0.2, 0) is 0 Å². The zero-order chi connectivity index (χ0) is 16.3. The first-order chi connectivity index (χ1) is 10.4. The molecule has 8 heteroatoms. The van der Waals surface area contributed by atoms with Crippen LogP contribution < -0.4 is 10.1 Å². The number of benzene rings is 2. The summed E-state index contributed by atoms with van der Waals surface area (Å²) < 4.78 is 32.4. The van der Waals surface area contributed by atoms with E-state index in [1.807, 2.05) is 0 Å². The largest absolute Gasteiger partial charge is 0.497 e. The van der Waals surface area contributed by atoms with Crippen molar-refractivity contribution in [3.05, 3.63) is 63.7 Å². The molecule has 2 rings (SSSR count). The molecule has 114 valence electrons. The lowest BCUT2D eigenvalue weighted by Gasteiger charge is -2.08. The third kappa shape index (κ3) is 3.00. The van der Waals surface area contributed by atoms with Crippen LogP contribution in [0.5, 0.6) is 5.75 Å². The summed E-state index contributed by atoms with van der Waals surface area (Å²) in [7, 11) is 1.46.